The molecule has 0 heterocycles. The summed E-state index contributed by atoms with van der Waals surface area (Å²) in [6.07, 6.45) is 8.30. The van der Waals surface area contributed by atoms with Crippen molar-refractivity contribution in [3.05, 3.63) is 35.6 Å². The first-order valence-corrected chi connectivity index (χ1v) is 9.21. The molecular weight excluding hydrogens is 321 g/mol. The Hall–Kier alpha value is -1.91. The topological polar surface area (TPSA) is 46.6 Å². The predicted octanol–water partition coefficient (Wildman–Crippen LogP) is 3.87. The van der Waals surface area contributed by atoms with Crippen LogP contribution in [-0.2, 0) is 20.7 Å². The molecule has 0 saturated heterocycles. The number of esters is 1. The van der Waals surface area contributed by atoms with Crippen molar-refractivity contribution in [3.8, 4) is 0 Å². The molecule has 0 N–H and O–H groups in total. The number of carbonyl (C=O) groups excluding carboxylic acids is 2. The summed E-state index contributed by atoms with van der Waals surface area (Å²) in [7, 11) is 1.36. The van der Waals surface area contributed by atoms with Crippen LogP contribution in [0, 0.1) is 5.82 Å². The molecule has 0 aliphatic heterocycles. The lowest BCUT2D eigenvalue weighted by atomic mass is 9.95. The fraction of sp³-hybridized carbons (Fsp3) is 0.600. The van der Waals surface area contributed by atoms with Crippen molar-refractivity contribution in [2.24, 2.45) is 0 Å². The van der Waals surface area contributed by atoms with Crippen molar-refractivity contribution in [2.45, 2.75) is 63.8 Å². The summed E-state index contributed by atoms with van der Waals surface area (Å²) in [5, 5.41) is 0. The van der Waals surface area contributed by atoms with Crippen LogP contribution in [0.2, 0.25) is 0 Å². The van der Waals surface area contributed by atoms with E-state index < -0.39 is 0 Å². The van der Waals surface area contributed by atoms with Crippen molar-refractivity contribution >= 4 is 11.9 Å². The van der Waals surface area contributed by atoms with Gasteiger partial charge >= 0.3 is 5.97 Å². The summed E-state index contributed by atoms with van der Waals surface area (Å²) in [6, 6.07) is 6.21. The maximum Gasteiger partial charge on any atom is 0.307 e. The third kappa shape index (κ3) is 6.48. The van der Waals surface area contributed by atoms with E-state index in [0.29, 0.717) is 6.54 Å². The van der Waals surface area contributed by atoms with E-state index in [-0.39, 0.29) is 36.6 Å². The first-order valence-electron chi connectivity index (χ1n) is 9.21. The van der Waals surface area contributed by atoms with Gasteiger partial charge in [0.2, 0.25) is 5.91 Å². The molecule has 1 aromatic rings. The first kappa shape index (κ1) is 19.4. The van der Waals surface area contributed by atoms with Crippen LogP contribution >= 0.6 is 0 Å². The van der Waals surface area contributed by atoms with Gasteiger partial charge in [0, 0.05) is 12.6 Å². The normalized spacial score (nSPS) is 15.9. The van der Waals surface area contributed by atoms with E-state index in [4.69, 9.17) is 4.74 Å². The van der Waals surface area contributed by atoms with Gasteiger partial charge < -0.3 is 9.64 Å². The summed E-state index contributed by atoms with van der Waals surface area (Å²) in [6.45, 7) is 0.386. The van der Waals surface area contributed by atoms with Crippen LogP contribution in [0.5, 0.6) is 0 Å². The number of hydrogen-bond acceptors (Lipinski definition) is 3. The van der Waals surface area contributed by atoms with Crippen LogP contribution in [-0.4, -0.2) is 36.5 Å². The van der Waals surface area contributed by atoms with Crippen LogP contribution in [0.15, 0.2) is 24.3 Å². The van der Waals surface area contributed by atoms with Gasteiger partial charge in [-0.2, -0.15) is 0 Å². The molecule has 1 aliphatic carbocycles. The highest BCUT2D eigenvalue weighted by atomic mass is 19.1. The van der Waals surface area contributed by atoms with Crippen LogP contribution in [0.1, 0.15) is 56.9 Å². The molecule has 1 aromatic carbocycles. The summed E-state index contributed by atoms with van der Waals surface area (Å²) in [5.41, 5.74) is 0.792. The number of methoxy groups -OCH3 is 1. The highest BCUT2D eigenvalue weighted by molar-refractivity contribution is 5.80. The summed E-state index contributed by atoms with van der Waals surface area (Å²) < 4.78 is 17.8. The highest BCUT2D eigenvalue weighted by Gasteiger charge is 2.24. The summed E-state index contributed by atoms with van der Waals surface area (Å²) in [4.78, 5) is 26.3. The number of carbonyl (C=O) groups is 2. The lowest BCUT2D eigenvalue weighted by molar-refractivity contribution is -0.142. The second-order valence-electron chi connectivity index (χ2n) is 6.72. The molecule has 138 valence electrons. The standard InChI is InChI=1S/C20H28FNO3/c1-25-20(24)13-14-22(18-7-5-3-2-4-6-8-18)19(23)15-16-9-11-17(21)12-10-16/h9-12,18H,2-8,13-15H2,1H3. The molecule has 25 heavy (non-hydrogen) atoms. The molecule has 1 aliphatic rings. The Labute approximate surface area is 149 Å². The van der Waals surface area contributed by atoms with Gasteiger partial charge in [0.05, 0.1) is 20.0 Å². The zero-order valence-corrected chi connectivity index (χ0v) is 15.0. The molecule has 0 unspecified atom stereocenters. The molecule has 0 radical (unpaired) electrons. The number of ether oxygens (including phenoxy) is 1. The third-order valence-electron chi connectivity index (χ3n) is 4.89. The molecule has 0 spiro atoms. The molecule has 0 atom stereocenters. The van der Waals surface area contributed by atoms with Crippen molar-refractivity contribution in [3.63, 3.8) is 0 Å². The Morgan fingerprint density at radius 2 is 1.68 bits per heavy atom. The zero-order chi connectivity index (χ0) is 18.1. The minimum Gasteiger partial charge on any atom is -0.469 e. The van der Waals surface area contributed by atoms with Crippen molar-refractivity contribution in [1.82, 2.24) is 4.90 Å². The molecule has 4 nitrogen and oxygen atoms in total. The van der Waals surface area contributed by atoms with Crippen LogP contribution in [0.4, 0.5) is 4.39 Å². The predicted molar refractivity (Wildman–Crippen MR) is 94.6 cm³/mol. The van der Waals surface area contributed by atoms with E-state index in [2.05, 4.69) is 0 Å². The quantitative estimate of drug-likeness (QED) is 0.733. The smallest absolute Gasteiger partial charge is 0.307 e. The largest absolute Gasteiger partial charge is 0.469 e. The molecule has 1 amide bonds. The molecule has 1 fully saturated rings. The fourth-order valence-corrected chi connectivity index (χ4v) is 3.45. The minimum atomic E-state index is -0.307. The lowest BCUT2D eigenvalue weighted by Crippen LogP contribution is -2.43. The average molecular weight is 349 g/mol. The second-order valence-corrected chi connectivity index (χ2v) is 6.72. The second kappa shape index (κ2) is 10.2. The third-order valence-corrected chi connectivity index (χ3v) is 4.89. The van der Waals surface area contributed by atoms with E-state index in [1.807, 2.05) is 4.90 Å². The number of rotatable bonds is 6. The molecular formula is C20H28FNO3. The average Bonchev–Trinajstić information content (AvgIpc) is 2.58. The molecule has 0 bridgehead atoms. The van der Waals surface area contributed by atoms with Gasteiger partial charge in [0.15, 0.2) is 0 Å². The van der Waals surface area contributed by atoms with Crippen molar-refractivity contribution < 1.29 is 18.7 Å². The number of nitrogens with zero attached hydrogens (tertiary/aromatic N) is 1. The maximum absolute atomic E-state index is 13.1. The van der Waals surface area contributed by atoms with Crippen LogP contribution < -0.4 is 0 Å². The molecule has 5 heteroatoms. The molecule has 1 saturated carbocycles. The number of hydrogen-bond donors (Lipinski definition) is 0. The van der Waals surface area contributed by atoms with Crippen molar-refractivity contribution in [2.75, 3.05) is 13.7 Å². The molecule has 2 rings (SSSR count). The van der Waals surface area contributed by atoms with E-state index in [9.17, 15) is 14.0 Å². The van der Waals surface area contributed by atoms with Gasteiger partial charge in [-0.05, 0) is 30.5 Å². The van der Waals surface area contributed by atoms with Gasteiger partial charge in [-0.15, -0.1) is 0 Å². The van der Waals surface area contributed by atoms with E-state index in [1.54, 1.807) is 12.1 Å². The van der Waals surface area contributed by atoms with Gasteiger partial charge in [0.1, 0.15) is 5.82 Å². The van der Waals surface area contributed by atoms with E-state index >= 15 is 0 Å². The van der Waals surface area contributed by atoms with Crippen LogP contribution in [0.25, 0.3) is 0 Å². The van der Waals surface area contributed by atoms with Crippen molar-refractivity contribution in [1.29, 1.82) is 0 Å². The zero-order valence-electron chi connectivity index (χ0n) is 15.0. The highest BCUT2D eigenvalue weighted by Crippen LogP contribution is 2.22. The number of halogens is 1. The Morgan fingerprint density at radius 1 is 1.08 bits per heavy atom. The van der Waals surface area contributed by atoms with E-state index in [1.165, 1.54) is 38.5 Å². The monoisotopic (exact) mass is 349 g/mol. The molecule has 0 aromatic heterocycles. The number of benzene rings is 1. The fourth-order valence-electron chi connectivity index (χ4n) is 3.45. The van der Waals surface area contributed by atoms with Crippen LogP contribution in [0.3, 0.4) is 0 Å². The Balaban J connectivity index is 2.06. The Morgan fingerprint density at radius 3 is 2.28 bits per heavy atom. The van der Waals surface area contributed by atoms with E-state index in [0.717, 1.165) is 31.2 Å². The minimum absolute atomic E-state index is 0.00100. The van der Waals surface area contributed by atoms with Gasteiger partial charge in [0.25, 0.3) is 0 Å². The van der Waals surface area contributed by atoms with Gasteiger partial charge in [-0.3, -0.25) is 9.59 Å². The summed E-state index contributed by atoms with van der Waals surface area (Å²) in [5.74, 6) is -0.606. The van der Waals surface area contributed by atoms with Gasteiger partial charge in [-0.25, -0.2) is 4.39 Å². The maximum atomic E-state index is 13.1. The van der Waals surface area contributed by atoms with Gasteiger partial charge in [-0.1, -0.05) is 44.2 Å². The summed E-state index contributed by atoms with van der Waals surface area (Å²) >= 11 is 0. The SMILES string of the molecule is COC(=O)CCN(C(=O)Cc1ccc(F)cc1)C1CCCCCCC1. The number of amides is 1. The lowest BCUT2D eigenvalue weighted by Gasteiger charge is -2.33. The Bertz CT molecular complexity index is 551. The Kier molecular flexibility index (Phi) is 7.89. The first-order chi connectivity index (χ1) is 12.1.